The van der Waals surface area contributed by atoms with E-state index in [-0.39, 0.29) is 0 Å². The van der Waals surface area contributed by atoms with E-state index >= 15 is 0 Å². The lowest BCUT2D eigenvalue weighted by molar-refractivity contribution is 0.389. The highest BCUT2D eigenvalue weighted by molar-refractivity contribution is 5.92. The number of piperidine rings is 1. The number of pyridine rings is 1. The van der Waals surface area contributed by atoms with E-state index < -0.39 is 0 Å². The first-order chi connectivity index (χ1) is 9.33. The molecule has 3 N–H and O–H groups in total. The molecule has 1 aliphatic rings. The summed E-state index contributed by atoms with van der Waals surface area (Å²) in [6.07, 6.45) is 4.23. The molecule has 0 bridgehead atoms. The molecule has 0 radical (unpaired) electrons. The first kappa shape index (κ1) is 12.2. The second kappa shape index (κ2) is 5.45. The molecule has 3 rings (SSSR count). The molecule has 4 heteroatoms. The van der Waals surface area contributed by atoms with Gasteiger partial charge in [0, 0.05) is 18.1 Å². The van der Waals surface area contributed by atoms with E-state index in [0.29, 0.717) is 5.75 Å². The molecule has 0 atom stereocenters. The highest BCUT2D eigenvalue weighted by atomic mass is 16.3. The Morgan fingerprint density at radius 2 is 2.11 bits per heavy atom. The molecule has 1 aromatic heterocycles. The number of anilines is 1. The lowest BCUT2D eigenvalue weighted by Gasteiger charge is -2.23. The Balaban J connectivity index is 1.76. The van der Waals surface area contributed by atoms with Crippen LogP contribution in [0.4, 0.5) is 5.82 Å². The van der Waals surface area contributed by atoms with Gasteiger partial charge in [0.1, 0.15) is 11.6 Å². The molecule has 1 saturated heterocycles. The molecule has 1 fully saturated rings. The van der Waals surface area contributed by atoms with Gasteiger partial charge in [0.25, 0.3) is 0 Å². The van der Waals surface area contributed by atoms with E-state index in [0.717, 1.165) is 42.1 Å². The van der Waals surface area contributed by atoms with Crippen LogP contribution < -0.4 is 10.6 Å². The fourth-order valence-corrected chi connectivity index (χ4v) is 2.63. The average molecular weight is 257 g/mol. The van der Waals surface area contributed by atoms with Crippen molar-refractivity contribution in [1.82, 2.24) is 10.3 Å². The second-order valence-electron chi connectivity index (χ2n) is 5.14. The number of hydrogen-bond donors (Lipinski definition) is 3. The number of benzene rings is 1. The third-order valence-electron chi connectivity index (χ3n) is 3.76. The Kier molecular flexibility index (Phi) is 3.51. The maximum Gasteiger partial charge on any atom is 0.133 e. The molecule has 0 spiro atoms. The van der Waals surface area contributed by atoms with E-state index in [2.05, 4.69) is 15.6 Å². The number of hydrogen-bond acceptors (Lipinski definition) is 4. The summed E-state index contributed by atoms with van der Waals surface area (Å²) in [5.74, 6) is 1.93. The van der Waals surface area contributed by atoms with Crippen molar-refractivity contribution in [3.05, 3.63) is 30.5 Å². The highest BCUT2D eigenvalue weighted by Gasteiger charge is 2.13. The van der Waals surface area contributed by atoms with Gasteiger partial charge in [0.15, 0.2) is 0 Å². The molecular weight excluding hydrogens is 238 g/mol. The summed E-state index contributed by atoms with van der Waals surface area (Å²) >= 11 is 0. The van der Waals surface area contributed by atoms with Gasteiger partial charge in [-0.1, -0.05) is 0 Å². The first-order valence-electron chi connectivity index (χ1n) is 6.85. The van der Waals surface area contributed by atoms with E-state index in [9.17, 15) is 5.11 Å². The number of phenolic OH excluding ortho intramolecular Hbond substituents is 1. The summed E-state index contributed by atoms with van der Waals surface area (Å²) < 4.78 is 0. The Hall–Kier alpha value is -1.81. The van der Waals surface area contributed by atoms with Crippen LogP contribution in [-0.2, 0) is 0 Å². The molecule has 0 aliphatic carbocycles. The predicted octanol–water partition coefficient (Wildman–Crippen LogP) is 2.35. The van der Waals surface area contributed by atoms with Crippen molar-refractivity contribution in [3.8, 4) is 5.75 Å². The van der Waals surface area contributed by atoms with Crippen LogP contribution >= 0.6 is 0 Å². The maximum atomic E-state index is 9.51. The van der Waals surface area contributed by atoms with Gasteiger partial charge < -0.3 is 15.7 Å². The van der Waals surface area contributed by atoms with Crippen LogP contribution in [-0.4, -0.2) is 29.7 Å². The third-order valence-corrected chi connectivity index (χ3v) is 3.76. The lowest BCUT2D eigenvalue weighted by atomic mass is 9.98. The highest BCUT2D eigenvalue weighted by Crippen LogP contribution is 2.25. The first-order valence-corrected chi connectivity index (χ1v) is 6.85. The number of rotatable bonds is 3. The Morgan fingerprint density at radius 3 is 2.95 bits per heavy atom. The van der Waals surface area contributed by atoms with E-state index in [1.165, 1.54) is 12.8 Å². The average Bonchev–Trinajstić information content (AvgIpc) is 2.45. The molecule has 19 heavy (non-hydrogen) atoms. The smallest absolute Gasteiger partial charge is 0.133 e. The number of phenols is 1. The molecule has 2 heterocycles. The van der Waals surface area contributed by atoms with Crippen LogP contribution in [0.25, 0.3) is 10.8 Å². The molecule has 0 saturated carbocycles. The molecule has 1 aromatic carbocycles. The van der Waals surface area contributed by atoms with Crippen LogP contribution in [0.2, 0.25) is 0 Å². The van der Waals surface area contributed by atoms with Crippen LogP contribution in [0.3, 0.4) is 0 Å². The number of aromatic nitrogens is 1. The number of aromatic hydroxyl groups is 1. The Labute approximate surface area is 112 Å². The largest absolute Gasteiger partial charge is 0.508 e. The number of fused-ring (bicyclic) bond motifs is 1. The maximum absolute atomic E-state index is 9.51. The van der Waals surface area contributed by atoms with Gasteiger partial charge in [-0.2, -0.15) is 0 Å². The van der Waals surface area contributed by atoms with Crippen molar-refractivity contribution >= 4 is 16.6 Å². The fraction of sp³-hybridized carbons (Fsp3) is 0.400. The van der Waals surface area contributed by atoms with Gasteiger partial charge in [0.05, 0.1) is 0 Å². The second-order valence-corrected chi connectivity index (χ2v) is 5.14. The fourth-order valence-electron chi connectivity index (χ4n) is 2.63. The summed E-state index contributed by atoms with van der Waals surface area (Å²) in [7, 11) is 0. The molecular formula is C15H19N3O. The summed E-state index contributed by atoms with van der Waals surface area (Å²) in [5.41, 5.74) is 0. The van der Waals surface area contributed by atoms with Crippen molar-refractivity contribution in [2.45, 2.75) is 12.8 Å². The molecule has 1 aliphatic heterocycles. The van der Waals surface area contributed by atoms with Gasteiger partial charge in [-0.25, -0.2) is 4.98 Å². The molecule has 0 unspecified atom stereocenters. The molecule has 4 nitrogen and oxygen atoms in total. The topological polar surface area (TPSA) is 57.2 Å². The van der Waals surface area contributed by atoms with Crippen LogP contribution in [0, 0.1) is 5.92 Å². The van der Waals surface area contributed by atoms with Crippen LogP contribution in [0.5, 0.6) is 5.75 Å². The minimum atomic E-state index is 0.294. The quantitative estimate of drug-likeness (QED) is 0.790. The van der Waals surface area contributed by atoms with Gasteiger partial charge in [-0.05, 0) is 61.5 Å². The van der Waals surface area contributed by atoms with E-state index in [4.69, 9.17) is 0 Å². The van der Waals surface area contributed by atoms with Crippen molar-refractivity contribution in [3.63, 3.8) is 0 Å². The van der Waals surface area contributed by atoms with Crippen molar-refractivity contribution in [1.29, 1.82) is 0 Å². The van der Waals surface area contributed by atoms with Gasteiger partial charge >= 0.3 is 0 Å². The predicted molar refractivity (Wildman–Crippen MR) is 77.5 cm³/mol. The van der Waals surface area contributed by atoms with Gasteiger partial charge in [-0.3, -0.25) is 0 Å². The zero-order valence-electron chi connectivity index (χ0n) is 10.9. The van der Waals surface area contributed by atoms with Crippen molar-refractivity contribution in [2.75, 3.05) is 25.0 Å². The van der Waals surface area contributed by atoms with Crippen molar-refractivity contribution < 1.29 is 5.11 Å². The van der Waals surface area contributed by atoms with E-state index in [1.54, 1.807) is 18.3 Å². The molecule has 0 amide bonds. The lowest BCUT2D eigenvalue weighted by Crippen LogP contribution is -2.31. The Morgan fingerprint density at radius 1 is 1.26 bits per heavy atom. The summed E-state index contributed by atoms with van der Waals surface area (Å²) in [6.45, 7) is 3.20. The summed E-state index contributed by atoms with van der Waals surface area (Å²) in [5, 5.41) is 18.4. The summed E-state index contributed by atoms with van der Waals surface area (Å²) in [4.78, 5) is 4.41. The van der Waals surface area contributed by atoms with Gasteiger partial charge in [0.2, 0.25) is 0 Å². The number of nitrogens with zero attached hydrogens (tertiary/aromatic N) is 1. The SMILES string of the molecule is Oc1ccc2c(NCC3CCNCC3)nccc2c1. The molecule has 2 aromatic rings. The third kappa shape index (κ3) is 2.79. The normalized spacial score (nSPS) is 16.6. The minimum absolute atomic E-state index is 0.294. The standard InChI is InChI=1S/C15H19N3O/c19-13-1-2-14-12(9-13)5-8-17-15(14)18-10-11-3-6-16-7-4-11/h1-2,5,8-9,11,16,19H,3-4,6-7,10H2,(H,17,18). The Bertz CT molecular complexity index is 564. The minimum Gasteiger partial charge on any atom is -0.508 e. The zero-order chi connectivity index (χ0) is 13.1. The zero-order valence-corrected chi connectivity index (χ0v) is 10.9. The van der Waals surface area contributed by atoms with Crippen LogP contribution in [0.15, 0.2) is 30.5 Å². The van der Waals surface area contributed by atoms with E-state index in [1.807, 2.05) is 12.1 Å². The summed E-state index contributed by atoms with van der Waals surface area (Å²) in [6, 6.07) is 7.32. The van der Waals surface area contributed by atoms with Crippen molar-refractivity contribution in [2.24, 2.45) is 5.92 Å². The number of nitrogens with one attached hydrogen (secondary N) is 2. The molecule has 100 valence electrons. The van der Waals surface area contributed by atoms with Gasteiger partial charge in [-0.15, -0.1) is 0 Å². The van der Waals surface area contributed by atoms with Crippen LogP contribution in [0.1, 0.15) is 12.8 Å². The monoisotopic (exact) mass is 257 g/mol.